The van der Waals surface area contributed by atoms with Crippen LogP contribution < -0.4 is 5.73 Å². The molecule has 0 bridgehead atoms. The standard InChI is InChI=1S/C14H19ClFN/c1-9-8-11(16)13(15)12(10(9)2)14(17)6-4-3-5-7-14/h8H,3-7,17H2,1-2H3. The molecule has 0 saturated heterocycles. The molecule has 1 aromatic rings. The summed E-state index contributed by atoms with van der Waals surface area (Å²) in [5, 5.41) is 0.220. The number of aryl methyl sites for hydroxylation is 1. The Morgan fingerprint density at radius 3 is 2.41 bits per heavy atom. The smallest absolute Gasteiger partial charge is 0.142 e. The van der Waals surface area contributed by atoms with Crippen molar-refractivity contribution in [3.63, 3.8) is 0 Å². The molecular formula is C14H19ClFN. The molecule has 2 N–H and O–H groups in total. The van der Waals surface area contributed by atoms with Crippen LogP contribution in [0.4, 0.5) is 4.39 Å². The monoisotopic (exact) mass is 255 g/mol. The van der Waals surface area contributed by atoms with E-state index in [1.54, 1.807) is 0 Å². The van der Waals surface area contributed by atoms with E-state index in [9.17, 15) is 4.39 Å². The number of rotatable bonds is 1. The van der Waals surface area contributed by atoms with Crippen molar-refractivity contribution in [1.82, 2.24) is 0 Å². The highest BCUT2D eigenvalue weighted by molar-refractivity contribution is 6.31. The van der Waals surface area contributed by atoms with Crippen LogP contribution in [0.3, 0.4) is 0 Å². The van der Waals surface area contributed by atoms with Crippen molar-refractivity contribution in [2.75, 3.05) is 0 Å². The Kier molecular flexibility index (Phi) is 3.46. The summed E-state index contributed by atoms with van der Waals surface area (Å²) in [6.45, 7) is 3.89. The number of benzene rings is 1. The molecule has 0 aliphatic heterocycles. The fourth-order valence-corrected chi connectivity index (χ4v) is 3.25. The molecule has 94 valence electrons. The summed E-state index contributed by atoms with van der Waals surface area (Å²) in [5.41, 5.74) is 8.83. The van der Waals surface area contributed by atoms with E-state index in [1.165, 1.54) is 12.5 Å². The molecule has 0 unspecified atom stereocenters. The summed E-state index contributed by atoms with van der Waals surface area (Å²) in [5.74, 6) is -0.347. The summed E-state index contributed by atoms with van der Waals surface area (Å²) in [6, 6.07) is 1.49. The molecule has 0 aromatic heterocycles. The van der Waals surface area contributed by atoms with E-state index < -0.39 is 5.54 Å². The van der Waals surface area contributed by atoms with Gasteiger partial charge in [0.1, 0.15) is 5.82 Å². The maximum atomic E-state index is 13.8. The van der Waals surface area contributed by atoms with E-state index in [4.69, 9.17) is 17.3 Å². The second-order valence-electron chi connectivity index (χ2n) is 5.21. The average molecular weight is 256 g/mol. The summed E-state index contributed by atoms with van der Waals surface area (Å²) < 4.78 is 13.8. The minimum Gasteiger partial charge on any atom is -0.321 e. The van der Waals surface area contributed by atoms with Gasteiger partial charge in [-0.05, 0) is 49.4 Å². The van der Waals surface area contributed by atoms with Gasteiger partial charge in [0.15, 0.2) is 0 Å². The molecule has 2 rings (SSSR count). The lowest BCUT2D eigenvalue weighted by Crippen LogP contribution is -2.40. The molecule has 1 aliphatic carbocycles. The third-order valence-corrected chi connectivity index (χ3v) is 4.35. The van der Waals surface area contributed by atoms with Crippen LogP contribution in [0.1, 0.15) is 48.8 Å². The van der Waals surface area contributed by atoms with Crippen molar-refractivity contribution in [2.45, 2.75) is 51.5 Å². The molecule has 1 aliphatic rings. The molecule has 0 amide bonds. The Bertz CT molecular complexity index is 410. The largest absolute Gasteiger partial charge is 0.321 e. The van der Waals surface area contributed by atoms with Crippen molar-refractivity contribution in [3.05, 3.63) is 33.6 Å². The van der Waals surface area contributed by atoms with Crippen molar-refractivity contribution in [3.8, 4) is 0 Å². The van der Waals surface area contributed by atoms with Crippen LogP contribution in [0.15, 0.2) is 6.07 Å². The Morgan fingerprint density at radius 2 is 1.82 bits per heavy atom. The van der Waals surface area contributed by atoms with Crippen LogP contribution in [0.2, 0.25) is 5.02 Å². The molecule has 1 fully saturated rings. The first-order valence-corrected chi connectivity index (χ1v) is 6.58. The van der Waals surface area contributed by atoms with Crippen LogP contribution in [-0.2, 0) is 5.54 Å². The normalized spacial score (nSPS) is 19.4. The zero-order valence-electron chi connectivity index (χ0n) is 10.4. The number of halogens is 2. The van der Waals surface area contributed by atoms with Crippen LogP contribution in [0, 0.1) is 19.7 Å². The summed E-state index contributed by atoms with van der Waals surface area (Å²) in [6.07, 6.45) is 5.21. The topological polar surface area (TPSA) is 26.0 Å². The zero-order chi connectivity index (χ0) is 12.6. The Labute approximate surface area is 107 Å². The second kappa shape index (κ2) is 4.58. The summed E-state index contributed by atoms with van der Waals surface area (Å²) in [7, 11) is 0. The molecule has 0 spiro atoms. The number of nitrogens with two attached hydrogens (primary N) is 1. The number of hydrogen-bond acceptors (Lipinski definition) is 1. The lowest BCUT2D eigenvalue weighted by atomic mass is 9.75. The maximum Gasteiger partial charge on any atom is 0.142 e. The molecule has 0 radical (unpaired) electrons. The van der Waals surface area contributed by atoms with Crippen LogP contribution >= 0.6 is 11.6 Å². The van der Waals surface area contributed by atoms with Crippen LogP contribution in [-0.4, -0.2) is 0 Å². The van der Waals surface area contributed by atoms with E-state index in [0.717, 1.165) is 42.4 Å². The first kappa shape index (κ1) is 12.8. The highest BCUT2D eigenvalue weighted by Crippen LogP contribution is 2.41. The van der Waals surface area contributed by atoms with Crippen molar-refractivity contribution in [2.24, 2.45) is 5.73 Å². The minimum absolute atomic E-state index is 0.220. The van der Waals surface area contributed by atoms with Crippen LogP contribution in [0.25, 0.3) is 0 Å². The van der Waals surface area contributed by atoms with Gasteiger partial charge in [0.2, 0.25) is 0 Å². The molecule has 0 heterocycles. The predicted molar refractivity (Wildman–Crippen MR) is 69.8 cm³/mol. The van der Waals surface area contributed by atoms with Gasteiger partial charge in [-0.25, -0.2) is 4.39 Å². The molecule has 1 aromatic carbocycles. The highest BCUT2D eigenvalue weighted by Gasteiger charge is 2.34. The maximum absolute atomic E-state index is 13.8. The van der Waals surface area contributed by atoms with Gasteiger partial charge < -0.3 is 5.73 Å². The molecular weight excluding hydrogens is 237 g/mol. The summed E-state index contributed by atoms with van der Waals surface area (Å²) >= 11 is 6.14. The zero-order valence-corrected chi connectivity index (χ0v) is 11.2. The Balaban J connectivity index is 2.57. The molecule has 0 atom stereocenters. The van der Waals surface area contributed by atoms with Crippen molar-refractivity contribution >= 4 is 11.6 Å². The van der Waals surface area contributed by atoms with Crippen molar-refractivity contribution < 1.29 is 4.39 Å². The third kappa shape index (κ3) is 2.21. The minimum atomic E-state index is -0.438. The van der Waals surface area contributed by atoms with Gasteiger partial charge in [0, 0.05) is 5.54 Å². The molecule has 17 heavy (non-hydrogen) atoms. The quantitative estimate of drug-likeness (QED) is 0.799. The van der Waals surface area contributed by atoms with Gasteiger partial charge in [0.05, 0.1) is 5.02 Å². The summed E-state index contributed by atoms with van der Waals surface area (Å²) in [4.78, 5) is 0. The molecule has 1 saturated carbocycles. The fraction of sp³-hybridized carbons (Fsp3) is 0.571. The van der Waals surface area contributed by atoms with Gasteiger partial charge in [-0.2, -0.15) is 0 Å². The Hall–Kier alpha value is -0.600. The van der Waals surface area contributed by atoms with Gasteiger partial charge >= 0.3 is 0 Å². The van der Waals surface area contributed by atoms with E-state index >= 15 is 0 Å². The average Bonchev–Trinajstić information content (AvgIpc) is 2.27. The first-order valence-electron chi connectivity index (χ1n) is 6.20. The first-order chi connectivity index (χ1) is 7.96. The third-order valence-electron chi connectivity index (χ3n) is 3.98. The van der Waals surface area contributed by atoms with Crippen LogP contribution in [0.5, 0.6) is 0 Å². The van der Waals surface area contributed by atoms with Gasteiger partial charge in [-0.3, -0.25) is 0 Å². The molecule has 3 heteroatoms. The van der Waals surface area contributed by atoms with Gasteiger partial charge in [-0.15, -0.1) is 0 Å². The lowest BCUT2D eigenvalue weighted by molar-refractivity contribution is 0.300. The van der Waals surface area contributed by atoms with E-state index in [1.807, 2.05) is 13.8 Å². The fourth-order valence-electron chi connectivity index (χ4n) is 2.87. The SMILES string of the molecule is Cc1cc(F)c(Cl)c(C2(N)CCCCC2)c1C. The van der Waals surface area contributed by atoms with E-state index in [-0.39, 0.29) is 10.8 Å². The van der Waals surface area contributed by atoms with Gasteiger partial charge in [-0.1, -0.05) is 30.9 Å². The highest BCUT2D eigenvalue weighted by atomic mass is 35.5. The Morgan fingerprint density at radius 1 is 1.24 bits per heavy atom. The molecule has 1 nitrogen and oxygen atoms in total. The van der Waals surface area contributed by atoms with E-state index in [2.05, 4.69) is 0 Å². The van der Waals surface area contributed by atoms with E-state index in [0.29, 0.717) is 0 Å². The lowest BCUT2D eigenvalue weighted by Gasteiger charge is -2.36. The number of hydrogen-bond donors (Lipinski definition) is 1. The van der Waals surface area contributed by atoms with Gasteiger partial charge in [0.25, 0.3) is 0 Å². The predicted octanol–water partition coefficient (Wildman–Crippen LogP) is 4.21. The van der Waals surface area contributed by atoms with Crippen molar-refractivity contribution in [1.29, 1.82) is 0 Å². The second-order valence-corrected chi connectivity index (χ2v) is 5.58.